The van der Waals surface area contributed by atoms with Crippen LogP contribution in [0.25, 0.3) is 0 Å². The number of hydrogen-bond donors (Lipinski definition) is 2. The van der Waals surface area contributed by atoms with Gasteiger partial charge in [0.2, 0.25) is 0 Å². The van der Waals surface area contributed by atoms with Crippen molar-refractivity contribution in [3.8, 4) is 11.5 Å². The third kappa shape index (κ3) is 5.10. The maximum Gasteiger partial charge on any atom is 0.191 e. The van der Waals surface area contributed by atoms with Crippen LogP contribution in [0.4, 0.5) is 0 Å². The number of ether oxygens (including phenoxy) is 2. The van der Waals surface area contributed by atoms with Crippen LogP contribution in [0.2, 0.25) is 0 Å². The molecular formula is C20H30IN3O4S. The predicted octanol–water partition coefficient (Wildman–Crippen LogP) is 2.24. The molecule has 4 rings (SSSR count). The van der Waals surface area contributed by atoms with E-state index in [1.165, 1.54) is 18.4 Å². The van der Waals surface area contributed by atoms with E-state index in [4.69, 9.17) is 9.47 Å². The van der Waals surface area contributed by atoms with Crippen molar-refractivity contribution in [2.45, 2.75) is 43.6 Å². The molecule has 9 heteroatoms. The second kappa shape index (κ2) is 9.28. The van der Waals surface area contributed by atoms with Crippen LogP contribution in [0.3, 0.4) is 0 Å². The number of rotatable bonds is 4. The molecule has 0 spiro atoms. The molecule has 2 fully saturated rings. The van der Waals surface area contributed by atoms with Crippen LogP contribution in [0.1, 0.15) is 37.7 Å². The molecule has 29 heavy (non-hydrogen) atoms. The molecule has 162 valence electrons. The van der Waals surface area contributed by atoms with E-state index in [2.05, 4.69) is 27.8 Å². The second-order valence-corrected chi connectivity index (χ2v) is 10.2. The smallest absolute Gasteiger partial charge is 0.191 e. The molecule has 2 heterocycles. The fraction of sp³-hybridized carbons (Fsp3) is 0.650. The standard InChI is InChI=1S/C20H29N3O4S.HI/c1-21-19(23-16-6-11-28(24,25)13-16)22-14-20(7-2-3-8-20)15-4-5-17-18(12-15)27-10-9-26-17;/h4-5,12,16H,2-3,6-11,13-14H2,1H3,(H2,21,22,23);1H. The summed E-state index contributed by atoms with van der Waals surface area (Å²) in [6.45, 7) is 1.94. The van der Waals surface area contributed by atoms with Crippen molar-refractivity contribution in [1.29, 1.82) is 0 Å². The molecule has 1 aliphatic carbocycles. The molecule has 2 N–H and O–H groups in total. The first-order valence-electron chi connectivity index (χ1n) is 10.1. The molecule has 1 unspecified atom stereocenters. The highest BCUT2D eigenvalue weighted by atomic mass is 127. The summed E-state index contributed by atoms with van der Waals surface area (Å²) in [5, 5.41) is 6.74. The van der Waals surface area contributed by atoms with E-state index in [9.17, 15) is 8.42 Å². The van der Waals surface area contributed by atoms with Crippen molar-refractivity contribution in [2.24, 2.45) is 4.99 Å². The summed E-state index contributed by atoms with van der Waals surface area (Å²) < 4.78 is 34.9. The Kier molecular flexibility index (Phi) is 7.19. The van der Waals surface area contributed by atoms with Crippen molar-refractivity contribution < 1.29 is 17.9 Å². The lowest BCUT2D eigenvalue weighted by atomic mass is 9.78. The quantitative estimate of drug-likeness (QED) is 0.350. The van der Waals surface area contributed by atoms with Crippen molar-refractivity contribution >= 4 is 39.8 Å². The molecule has 7 nitrogen and oxygen atoms in total. The Bertz CT molecular complexity index is 853. The molecule has 0 amide bonds. The molecular weight excluding hydrogens is 505 g/mol. The second-order valence-electron chi connectivity index (χ2n) is 8.02. The van der Waals surface area contributed by atoms with Crippen molar-refractivity contribution in [1.82, 2.24) is 10.6 Å². The molecule has 2 aliphatic heterocycles. The number of benzene rings is 1. The van der Waals surface area contributed by atoms with Gasteiger partial charge in [-0.05, 0) is 37.0 Å². The van der Waals surface area contributed by atoms with E-state index in [-0.39, 0.29) is 46.9 Å². The van der Waals surface area contributed by atoms with E-state index in [1.54, 1.807) is 7.05 Å². The minimum atomic E-state index is -2.91. The zero-order valence-corrected chi connectivity index (χ0v) is 19.9. The van der Waals surface area contributed by atoms with Gasteiger partial charge in [-0.15, -0.1) is 24.0 Å². The van der Waals surface area contributed by atoms with E-state index >= 15 is 0 Å². The lowest BCUT2D eigenvalue weighted by Crippen LogP contribution is -2.48. The topological polar surface area (TPSA) is 89.0 Å². The van der Waals surface area contributed by atoms with Crippen molar-refractivity contribution in [3.63, 3.8) is 0 Å². The monoisotopic (exact) mass is 535 g/mol. The Labute approximate surface area is 190 Å². The molecule has 0 radical (unpaired) electrons. The lowest BCUT2D eigenvalue weighted by molar-refractivity contribution is 0.171. The molecule has 1 saturated heterocycles. The number of halogens is 1. The van der Waals surface area contributed by atoms with E-state index in [1.807, 2.05) is 6.07 Å². The minimum absolute atomic E-state index is 0. The summed E-state index contributed by atoms with van der Waals surface area (Å²) >= 11 is 0. The third-order valence-electron chi connectivity index (χ3n) is 6.11. The zero-order valence-electron chi connectivity index (χ0n) is 16.8. The fourth-order valence-corrected chi connectivity index (χ4v) is 6.22. The van der Waals surface area contributed by atoms with Gasteiger partial charge in [0.15, 0.2) is 27.3 Å². The van der Waals surface area contributed by atoms with Crippen LogP contribution in [-0.4, -0.2) is 58.7 Å². The van der Waals surface area contributed by atoms with E-state index in [0.29, 0.717) is 25.6 Å². The molecule has 1 aromatic rings. The first-order valence-corrected chi connectivity index (χ1v) is 11.9. The average molecular weight is 535 g/mol. The summed E-state index contributed by atoms with van der Waals surface area (Å²) in [7, 11) is -1.19. The highest BCUT2D eigenvalue weighted by Crippen LogP contribution is 2.43. The van der Waals surface area contributed by atoms with Crippen molar-refractivity contribution in [3.05, 3.63) is 23.8 Å². The maximum atomic E-state index is 11.7. The van der Waals surface area contributed by atoms with Crippen LogP contribution in [0.5, 0.6) is 11.5 Å². The number of nitrogens with zero attached hydrogens (tertiary/aromatic N) is 1. The Morgan fingerprint density at radius 1 is 1.21 bits per heavy atom. The predicted molar refractivity (Wildman–Crippen MR) is 125 cm³/mol. The highest BCUT2D eigenvalue weighted by molar-refractivity contribution is 14.0. The van der Waals surface area contributed by atoms with Gasteiger partial charge in [-0.3, -0.25) is 4.99 Å². The molecule has 0 aromatic heterocycles. The van der Waals surface area contributed by atoms with Gasteiger partial charge in [-0.25, -0.2) is 8.42 Å². The van der Waals surface area contributed by atoms with Gasteiger partial charge < -0.3 is 20.1 Å². The van der Waals surface area contributed by atoms with Gasteiger partial charge in [0, 0.05) is 25.0 Å². The van der Waals surface area contributed by atoms with Crippen LogP contribution < -0.4 is 20.1 Å². The first kappa shape index (κ1) is 22.5. The number of guanidine groups is 1. The number of nitrogens with one attached hydrogen (secondary N) is 2. The Hall–Kier alpha value is -1.23. The Balaban J connectivity index is 0.00000240. The molecule has 3 aliphatic rings. The summed E-state index contributed by atoms with van der Waals surface area (Å²) in [4.78, 5) is 4.31. The van der Waals surface area contributed by atoms with Crippen LogP contribution in [0, 0.1) is 0 Å². The number of hydrogen-bond acceptors (Lipinski definition) is 5. The van der Waals surface area contributed by atoms with Crippen LogP contribution in [0.15, 0.2) is 23.2 Å². The van der Waals surface area contributed by atoms with Gasteiger partial charge >= 0.3 is 0 Å². The van der Waals surface area contributed by atoms with Gasteiger partial charge in [0.05, 0.1) is 11.5 Å². The van der Waals surface area contributed by atoms with E-state index < -0.39 is 9.84 Å². The molecule has 1 aromatic carbocycles. The fourth-order valence-electron chi connectivity index (χ4n) is 4.54. The average Bonchev–Trinajstić information content (AvgIpc) is 3.31. The van der Waals surface area contributed by atoms with Crippen LogP contribution >= 0.6 is 24.0 Å². The van der Waals surface area contributed by atoms with Gasteiger partial charge in [0.25, 0.3) is 0 Å². The minimum Gasteiger partial charge on any atom is -0.486 e. The number of aliphatic imine (C=N–C) groups is 1. The summed E-state index contributed by atoms with van der Waals surface area (Å²) in [6, 6.07) is 6.23. The maximum absolute atomic E-state index is 11.7. The van der Waals surface area contributed by atoms with Gasteiger partial charge in [-0.2, -0.15) is 0 Å². The number of sulfone groups is 1. The van der Waals surface area contributed by atoms with E-state index in [0.717, 1.165) is 30.9 Å². The Morgan fingerprint density at radius 2 is 1.93 bits per heavy atom. The highest BCUT2D eigenvalue weighted by Gasteiger charge is 2.37. The van der Waals surface area contributed by atoms with Crippen LogP contribution in [-0.2, 0) is 15.3 Å². The molecule has 1 atom stereocenters. The Morgan fingerprint density at radius 3 is 2.59 bits per heavy atom. The largest absolute Gasteiger partial charge is 0.486 e. The summed E-state index contributed by atoms with van der Waals surface area (Å²) in [5.41, 5.74) is 1.29. The normalized spacial score (nSPS) is 24.6. The SMILES string of the molecule is CN=C(NCC1(c2ccc3c(c2)OCCO3)CCCC1)NC1CCS(=O)(=O)C1.I. The third-order valence-corrected chi connectivity index (χ3v) is 7.87. The van der Waals surface area contributed by atoms with Gasteiger partial charge in [0.1, 0.15) is 13.2 Å². The molecule has 1 saturated carbocycles. The number of fused-ring (bicyclic) bond motifs is 1. The first-order chi connectivity index (χ1) is 13.5. The lowest BCUT2D eigenvalue weighted by Gasteiger charge is -2.32. The zero-order chi connectivity index (χ0) is 19.6. The van der Waals surface area contributed by atoms with Gasteiger partial charge in [-0.1, -0.05) is 18.9 Å². The summed E-state index contributed by atoms with van der Waals surface area (Å²) in [6.07, 6.45) is 5.24. The molecule has 0 bridgehead atoms. The van der Waals surface area contributed by atoms with Crippen molar-refractivity contribution in [2.75, 3.05) is 38.3 Å². The summed E-state index contributed by atoms with van der Waals surface area (Å²) in [5.74, 6) is 2.75.